The monoisotopic (exact) mass is 532 g/mol. The number of carbonyl (C=O) groups is 2. The molecule has 2 fully saturated rings. The maximum atomic E-state index is 13.7. The number of aromatic nitrogens is 1. The molecule has 2 N–H and O–H groups in total. The van der Waals surface area contributed by atoms with Gasteiger partial charge in [-0.15, -0.1) is 0 Å². The van der Waals surface area contributed by atoms with E-state index in [1.165, 1.54) is 11.8 Å². The second-order valence-electron chi connectivity index (χ2n) is 9.45. The van der Waals surface area contributed by atoms with Gasteiger partial charge in [-0.05, 0) is 37.5 Å². The van der Waals surface area contributed by atoms with Crippen LogP contribution in [0.15, 0.2) is 64.3 Å². The Labute approximate surface area is 224 Å². The second-order valence-corrected chi connectivity index (χ2v) is 11.1. The number of piperidine rings is 1. The molecule has 3 aromatic rings. The van der Waals surface area contributed by atoms with Crippen LogP contribution in [-0.2, 0) is 16.6 Å². The molecule has 9 heteroatoms. The smallest absolute Gasteiger partial charge is 0.266 e. The van der Waals surface area contributed by atoms with Crippen molar-refractivity contribution in [2.24, 2.45) is 18.7 Å². The molecule has 2 saturated heterocycles. The molecule has 2 aromatic carbocycles. The Morgan fingerprint density at radius 2 is 1.73 bits per heavy atom. The predicted molar refractivity (Wildman–Crippen MR) is 153 cm³/mol. The lowest BCUT2D eigenvalue weighted by molar-refractivity contribution is -0.123. The van der Waals surface area contributed by atoms with Gasteiger partial charge in [-0.25, -0.2) is 0 Å². The predicted octanol–water partition coefficient (Wildman–Crippen LogP) is 4.20. The number of nitrogens with zero attached hydrogens (tertiary/aromatic N) is 3. The number of benzene rings is 2. The molecule has 3 heterocycles. The van der Waals surface area contributed by atoms with E-state index in [4.69, 9.17) is 18.0 Å². The van der Waals surface area contributed by atoms with Crippen LogP contribution in [0.3, 0.4) is 0 Å². The second kappa shape index (κ2) is 10.1. The summed E-state index contributed by atoms with van der Waals surface area (Å²) in [6, 6.07) is 17.3. The first-order chi connectivity index (χ1) is 17.8. The third kappa shape index (κ3) is 4.57. The Morgan fingerprint density at radius 1 is 1.08 bits per heavy atom. The van der Waals surface area contributed by atoms with Crippen molar-refractivity contribution in [1.29, 1.82) is 0 Å². The molecule has 2 amide bonds. The van der Waals surface area contributed by atoms with Crippen LogP contribution in [-0.4, -0.2) is 38.7 Å². The van der Waals surface area contributed by atoms with Crippen molar-refractivity contribution in [3.05, 3.63) is 81.0 Å². The topological polar surface area (TPSA) is 88.6 Å². The first-order valence-electron chi connectivity index (χ1n) is 12.3. The summed E-state index contributed by atoms with van der Waals surface area (Å²) in [6.07, 6.45) is 2.94. The molecule has 7 nitrogen and oxygen atoms in total. The highest BCUT2D eigenvalue weighted by Crippen LogP contribution is 2.40. The number of rotatable bonds is 5. The number of nitrogens with two attached hydrogens (primary N) is 1. The van der Waals surface area contributed by atoms with Gasteiger partial charge in [-0.3, -0.25) is 19.3 Å². The standard InChI is InChI=1S/C28H28N4O3S2/c1-17(18-8-4-3-5-9-18)32-27(35)23(37-28(32)36)16-21-24(31-14-12-19(13-15-31)25(29)33)20-10-6-7-11-22(20)30(2)26(21)34/h3-11,16-17,19H,12-15H2,1-2H3,(H2,29,33). The third-order valence-corrected chi connectivity index (χ3v) is 8.62. The van der Waals surface area contributed by atoms with E-state index in [1.807, 2.05) is 61.5 Å². The van der Waals surface area contributed by atoms with Crippen molar-refractivity contribution >= 4 is 62.8 Å². The Bertz CT molecular complexity index is 1490. The van der Waals surface area contributed by atoms with E-state index in [2.05, 4.69) is 4.90 Å². The van der Waals surface area contributed by atoms with Gasteiger partial charge in [0.1, 0.15) is 4.32 Å². The summed E-state index contributed by atoms with van der Waals surface area (Å²) in [6.45, 7) is 3.14. The van der Waals surface area contributed by atoms with E-state index in [0.717, 1.165) is 22.2 Å². The Hall–Kier alpha value is -3.43. The summed E-state index contributed by atoms with van der Waals surface area (Å²) in [7, 11) is 1.74. The van der Waals surface area contributed by atoms with Crippen molar-refractivity contribution < 1.29 is 9.59 Å². The zero-order valence-corrected chi connectivity index (χ0v) is 22.3. The minimum atomic E-state index is -0.287. The van der Waals surface area contributed by atoms with Gasteiger partial charge >= 0.3 is 0 Å². The van der Waals surface area contributed by atoms with E-state index in [1.54, 1.807) is 22.6 Å². The number of para-hydroxylation sites is 1. The lowest BCUT2D eigenvalue weighted by Gasteiger charge is -2.34. The molecular weight excluding hydrogens is 504 g/mol. The molecule has 0 radical (unpaired) electrons. The lowest BCUT2D eigenvalue weighted by atomic mass is 9.94. The molecular formula is C28H28N4O3S2. The van der Waals surface area contributed by atoms with Gasteiger partial charge < -0.3 is 15.2 Å². The van der Waals surface area contributed by atoms with E-state index < -0.39 is 0 Å². The van der Waals surface area contributed by atoms with E-state index >= 15 is 0 Å². The number of pyridine rings is 1. The number of primary amides is 1. The molecule has 2 aliphatic heterocycles. The number of hydrogen-bond donors (Lipinski definition) is 1. The Kier molecular flexibility index (Phi) is 6.92. The fraction of sp³-hybridized carbons (Fsp3) is 0.286. The van der Waals surface area contributed by atoms with Gasteiger partial charge in [0.05, 0.1) is 27.7 Å². The number of amides is 2. The van der Waals surface area contributed by atoms with Crippen LogP contribution in [0.2, 0.25) is 0 Å². The van der Waals surface area contributed by atoms with Crippen LogP contribution in [0.25, 0.3) is 17.0 Å². The summed E-state index contributed by atoms with van der Waals surface area (Å²) in [5.41, 5.74) is 8.39. The summed E-state index contributed by atoms with van der Waals surface area (Å²) in [4.78, 5) is 43.2. The van der Waals surface area contributed by atoms with Crippen molar-refractivity contribution in [1.82, 2.24) is 9.47 Å². The highest BCUT2D eigenvalue weighted by Gasteiger charge is 2.37. The van der Waals surface area contributed by atoms with Crippen LogP contribution >= 0.6 is 24.0 Å². The summed E-state index contributed by atoms with van der Waals surface area (Å²) in [5, 5.41) is 0.918. The third-order valence-electron chi connectivity index (χ3n) is 7.29. The van der Waals surface area contributed by atoms with Crippen molar-refractivity contribution in [3.8, 4) is 0 Å². The van der Waals surface area contributed by atoms with Crippen LogP contribution in [0.4, 0.5) is 5.69 Å². The fourth-order valence-corrected chi connectivity index (χ4v) is 6.59. The maximum absolute atomic E-state index is 13.7. The molecule has 37 heavy (non-hydrogen) atoms. The number of hydrogen-bond acceptors (Lipinski definition) is 6. The number of fused-ring (bicyclic) bond motifs is 1. The van der Waals surface area contributed by atoms with E-state index in [9.17, 15) is 14.4 Å². The number of aryl methyl sites for hydroxylation is 1. The first-order valence-corrected chi connectivity index (χ1v) is 13.5. The maximum Gasteiger partial charge on any atom is 0.266 e. The van der Waals surface area contributed by atoms with E-state index in [0.29, 0.717) is 40.7 Å². The van der Waals surface area contributed by atoms with Crippen LogP contribution in [0.1, 0.15) is 36.9 Å². The Balaban J connectivity index is 1.60. The van der Waals surface area contributed by atoms with Crippen LogP contribution in [0.5, 0.6) is 0 Å². The average molecular weight is 533 g/mol. The zero-order valence-electron chi connectivity index (χ0n) is 20.7. The number of thiocarbonyl (C=S) groups is 1. The molecule has 1 aromatic heterocycles. The summed E-state index contributed by atoms with van der Waals surface area (Å²) < 4.78 is 2.09. The fourth-order valence-electron chi connectivity index (χ4n) is 5.19. The quantitative estimate of drug-likeness (QED) is 0.391. The normalized spacial score (nSPS) is 18.7. The minimum Gasteiger partial charge on any atom is -0.370 e. The van der Waals surface area contributed by atoms with Gasteiger partial charge in [0.25, 0.3) is 11.5 Å². The highest BCUT2D eigenvalue weighted by atomic mass is 32.2. The molecule has 5 rings (SSSR count). The molecule has 1 atom stereocenters. The Morgan fingerprint density at radius 3 is 2.41 bits per heavy atom. The number of thioether (sulfide) groups is 1. The zero-order chi connectivity index (χ0) is 26.3. The largest absolute Gasteiger partial charge is 0.370 e. The van der Waals surface area contributed by atoms with Crippen molar-refractivity contribution in [3.63, 3.8) is 0 Å². The lowest BCUT2D eigenvalue weighted by Crippen LogP contribution is -2.40. The molecule has 0 bridgehead atoms. The molecule has 0 spiro atoms. The molecule has 2 aliphatic rings. The van der Waals surface area contributed by atoms with Crippen molar-refractivity contribution in [2.45, 2.75) is 25.8 Å². The molecule has 0 saturated carbocycles. The van der Waals surface area contributed by atoms with Gasteiger partial charge in [-0.1, -0.05) is 72.5 Å². The molecule has 190 valence electrons. The van der Waals surface area contributed by atoms with Crippen LogP contribution in [0, 0.1) is 5.92 Å². The van der Waals surface area contributed by atoms with Gasteiger partial charge in [0.2, 0.25) is 5.91 Å². The average Bonchev–Trinajstić information content (AvgIpc) is 3.19. The van der Waals surface area contributed by atoms with Crippen LogP contribution < -0.4 is 16.2 Å². The minimum absolute atomic E-state index is 0.173. The highest BCUT2D eigenvalue weighted by molar-refractivity contribution is 8.26. The molecule has 1 unspecified atom stereocenters. The van der Waals surface area contributed by atoms with Crippen molar-refractivity contribution in [2.75, 3.05) is 18.0 Å². The number of carbonyl (C=O) groups excluding carboxylic acids is 2. The summed E-state index contributed by atoms with van der Waals surface area (Å²) >= 11 is 6.83. The SMILES string of the molecule is CC(c1ccccc1)N1C(=O)C(=Cc2c(N3CCC(C(N)=O)CC3)c3ccccc3n(C)c2=O)SC1=S. The molecule has 0 aliphatic carbocycles. The van der Waals surface area contributed by atoms with Gasteiger partial charge in [0, 0.05) is 31.4 Å². The van der Waals surface area contributed by atoms with Gasteiger partial charge in [0.15, 0.2) is 0 Å². The summed E-state index contributed by atoms with van der Waals surface area (Å²) in [5.74, 6) is -0.668. The van der Waals surface area contributed by atoms with E-state index in [-0.39, 0.29) is 29.3 Å². The number of anilines is 1. The van der Waals surface area contributed by atoms with Gasteiger partial charge in [-0.2, -0.15) is 0 Å². The first kappa shape index (κ1) is 25.2.